The van der Waals surface area contributed by atoms with Crippen molar-refractivity contribution in [3.8, 4) is 0 Å². The Morgan fingerprint density at radius 1 is 1.00 bits per heavy atom. The second-order valence-corrected chi connectivity index (χ2v) is 6.81. The van der Waals surface area contributed by atoms with Gasteiger partial charge in [0.1, 0.15) is 0 Å². The van der Waals surface area contributed by atoms with Gasteiger partial charge in [0.25, 0.3) is 0 Å². The van der Waals surface area contributed by atoms with E-state index in [1.807, 2.05) is 0 Å². The van der Waals surface area contributed by atoms with Crippen molar-refractivity contribution < 1.29 is 0 Å². The fourth-order valence-electron chi connectivity index (χ4n) is 3.20. The summed E-state index contributed by atoms with van der Waals surface area (Å²) in [6.07, 6.45) is 4.87. The summed E-state index contributed by atoms with van der Waals surface area (Å²) in [6.45, 7) is 11.0. The van der Waals surface area contributed by atoms with Gasteiger partial charge in [0.05, 0.1) is 0 Å². The van der Waals surface area contributed by atoms with E-state index in [1.165, 1.54) is 42.4 Å². The first-order chi connectivity index (χ1) is 11.1. The lowest BCUT2D eigenvalue weighted by molar-refractivity contribution is 0.553. The fourth-order valence-corrected chi connectivity index (χ4v) is 3.66. The molecule has 2 aromatic carbocycles. The molecule has 2 aromatic rings. The fraction of sp³-hybridized carbons (Fsp3) is 0.364. The zero-order valence-electron chi connectivity index (χ0n) is 14.6. The van der Waals surface area contributed by atoms with Crippen molar-refractivity contribution in [2.75, 3.05) is 0 Å². The van der Waals surface area contributed by atoms with Gasteiger partial charge in [-0.2, -0.15) is 0 Å². The Morgan fingerprint density at radius 3 is 2.17 bits per heavy atom. The van der Waals surface area contributed by atoms with Gasteiger partial charge in [-0.1, -0.05) is 81.3 Å². The lowest BCUT2D eigenvalue weighted by Crippen LogP contribution is -2.02. The van der Waals surface area contributed by atoms with E-state index in [0.717, 1.165) is 16.0 Å². The van der Waals surface area contributed by atoms with Crippen LogP contribution in [0.4, 0.5) is 0 Å². The third-order valence-electron chi connectivity index (χ3n) is 4.51. The average molecular weight is 325 g/mol. The number of hydrogen-bond acceptors (Lipinski definition) is 1. The van der Waals surface area contributed by atoms with Crippen molar-refractivity contribution in [3.63, 3.8) is 0 Å². The van der Waals surface area contributed by atoms with Gasteiger partial charge in [-0.25, -0.2) is 0 Å². The highest BCUT2D eigenvalue weighted by molar-refractivity contribution is 7.80. The smallest absolute Gasteiger partial charge is 0.0154 e. The molecule has 0 aliphatic carbocycles. The Balaban J connectivity index is 2.38. The molecule has 0 aliphatic heterocycles. The van der Waals surface area contributed by atoms with Crippen LogP contribution in [0.3, 0.4) is 0 Å². The molecular weight excluding hydrogens is 296 g/mol. The summed E-state index contributed by atoms with van der Waals surface area (Å²) >= 11 is 4.89. The van der Waals surface area contributed by atoms with Crippen LogP contribution in [0.1, 0.15) is 67.7 Å². The van der Waals surface area contributed by atoms with Crippen molar-refractivity contribution in [2.45, 2.75) is 57.3 Å². The molecule has 122 valence electrons. The van der Waals surface area contributed by atoms with E-state index in [2.05, 4.69) is 69.8 Å². The highest BCUT2D eigenvalue weighted by Crippen LogP contribution is 2.36. The summed E-state index contributed by atoms with van der Waals surface area (Å²) in [7, 11) is 0. The molecule has 0 N–H and O–H groups in total. The maximum atomic E-state index is 4.89. The number of benzene rings is 2. The number of aryl methyl sites for hydroxylation is 1. The quantitative estimate of drug-likeness (QED) is 0.519. The topological polar surface area (TPSA) is 0 Å². The Labute approximate surface area is 147 Å². The van der Waals surface area contributed by atoms with Crippen molar-refractivity contribution in [2.24, 2.45) is 0 Å². The number of thiol groups is 1. The average Bonchev–Trinajstić information content (AvgIpc) is 2.55. The number of rotatable bonds is 7. The van der Waals surface area contributed by atoms with Crippen LogP contribution >= 0.6 is 12.6 Å². The first-order valence-electron chi connectivity index (χ1n) is 8.66. The normalized spacial score (nSPS) is 11.0. The van der Waals surface area contributed by atoms with E-state index in [4.69, 9.17) is 12.6 Å². The highest BCUT2D eigenvalue weighted by Gasteiger charge is 2.16. The van der Waals surface area contributed by atoms with Crippen LogP contribution in [0.15, 0.2) is 53.9 Å². The largest absolute Gasteiger partial charge is 0.142 e. The second-order valence-electron chi connectivity index (χ2n) is 6.36. The van der Waals surface area contributed by atoms with Crippen LogP contribution in [-0.2, 0) is 0 Å². The zero-order valence-corrected chi connectivity index (χ0v) is 15.5. The minimum Gasteiger partial charge on any atom is -0.142 e. The first-order valence-corrected chi connectivity index (χ1v) is 9.11. The van der Waals surface area contributed by atoms with Gasteiger partial charge in [-0.05, 0) is 47.9 Å². The third kappa shape index (κ3) is 4.29. The molecule has 0 saturated carbocycles. The molecule has 0 spiro atoms. The molecule has 0 fully saturated rings. The Morgan fingerprint density at radius 2 is 1.61 bits per heavy atom. The lowest BCUT2D eigenvalue weighted by atomic mass is 9.87. The highest BCUT2D eigenvalue weighted by atomic mass is 32.1. The Bertz CT molecular complexity index is 646. The SMILES string of the molecule is C=C(c1ccc(C)cc1)c1cccc(C(CCC)CCC)c1S. The Kier molecular flexibility index (Phi) is 6.53. The molecule has 2 rings (SSSR count). The summed E-state index contributed by atoms with van der Waals surface area (Å²) in [4.78, 5) is 1.10. The van der Waals surface area contributed by atoms with Crippen LogP contribution < -0.4 is 0 Å². The van der Waals surface area contributed by atoms with Crippen molar-refractivity contribution in [1.29, 1.82) is 0 Å². The predicted octanol–water partition coefficient (Wildman–Crippen LogP) is 7.03. The van der Waals surface area contributed by atoms with E-state index < -0.39 is 0 Å². The Hall–Kier alpha value is -1.47. The standard InChI is InChI=1S/C22H28S/c1-5-8-19(9-6-2)21-11-7-10-20(22(21)23)17(4)18-14-12-16(3)13-15-18/h7,10-15,19,23H,4-6,8-9H2,1-3H3. The minimum absolute atomic E-state index is 0.600. The maximum absolute atomic E-state index is 4.89. The molecule has 0 nitrogen and oxygen atoms in total. The van der Waals surface area contributed by atoms with Gasteiger partial charge >= 0.3 is 0 Å². The summed E-state index contributed by atoms with van der Waals surface area (Å²) in [5.41, 5.74) is 6.04. The van der Waals surface area contributed by atoms with E-state index in [9.17, 15) is 0 Å². The van der Waals surface area contributed by atoms with Gasteiger partial charge < -0.3 is 0 Å². The molecule has 0 aliphatic rings. The molecule has 0 aromatic heterocycles. The van der Waals surface area contributed by atoms with E-state index in [-0.39, 0.29) is 0 Å². The predicted molar refractivity (Wildman–Crippen MR) is 106 cm³/mol. The van der Waals surface area contributed by atoms with Crippen LogP contribution in [0.5, 0.6) is 0 Å². The summed E-state index contributed by atoms with van der Waals surface area (Å²) in [5, 5.41) is 0. The second kappa shape index (κ2) is 8.40. The molecule has 0 atom stereocenters. The van der Waals surface area contributed by atoms with Gasteiger partial charge in [0.2, 0.25) is 0 Å². The van der Waals surface area contributed by atoms with E-state index in [1.54, 1.807) is 0 Å². The molecule has 0 bridgehead atoms. The summed E-state index contributed by atoms with van der Waals surface area (Å²) < 4.78 is 0. The summed E-state index contributed by atoms with van der Waals surface area (Å²) in [5.74, 6) is 0.600. The third-order valence-corrected chi connectivity index (χ3v) is 5.01. The molecule has 0 radical (unpaired) electrons. The van der Waals surface area contributed by atoms with Crippen LogP contribution in [-0.4, -0.2) is 0 Å². The van der Waals surface area contributed by atoms with E-state index >= 15 is 0 Å². The van der Waals surface area contributed by atoms with Gasteiger partial charge in [0.15, 0.2) is 0 Å². The minimum atomic E-state index is 0.600. The van der Waals surface area contributed by atoms with Gasteiger partial charge in [0, 0.05) is 4.90 Å². The number of hydrogen-bond donors (Lipinski definition) is 1. The maximum Gasteiger partial charge on any atom is 0.0154 e. The molecule has 0 heterocycles. The van der Waals surface area contributed by atoms with Crippen molar-refractivity contribution in [3.05, 3.63) is 71.3 Å². The molecule has 23 heavy (non-hydrogen) atoms. The van der Waals surface area contributed by atoms with Crippen molar-refractivity contribution >= 4 is 18.2 Å². The molecular formula is C22H28S. The monoisotopic (exact) mass is 324 g/mol. The van der Waals surface area contributed by atoms with Crippen LogP contribution in [0, 0.1) is 6.92 Å². The van der Waals surface area contributed by atoms with Crippen LogP contribution in [0.25, 0.3) is 5.57 Å². The molecule has 0 unspecified atom stereocenters. The van der Waals surface area contributed by atoms with Crippen molar-refractivity contribution in [1.82, 2.24) is 0 Å². The first kappa shape index (κ1) is 17.9. The molecule has 0 amide bonds. The van der Waals surface area contributed by atoms with E-state index in [0.29, 0.717) is 5.92 Å². The zero-order chi connectivity index (χ0) is 16.8. The van der Waals surface area contributed by atoms with Gasteiger partial charge in [-0.3, -0.25) is 0 Å². The molecule has 1 heteroatoms. The molecule has 0 saturated heterocycles. The van der Waals surface area contributed by atoms with Gasteiger partial charge in [-0.15, -0.1) is 12.6 Å². The summed E-state index contributed by atoms with van der Waals surface area (Å²) in [6, 6.07) is 15.1. The lowest BCUT2D eigenvalue weighted by Gasteiger charge is -2.20. The van der Waals surface area contributed by atoms with Crippen LogP contribution in [0.2, 0.25) is 0 Å².